The lowest BCUT2D eigenvalue weighted by Crippen LogP contribution is -2.43. The Morgan fingerprint density at radius 3 is 2.57 bits per heavy atom. The van der Waals surface area contributed by atoms with Crippen LogP contribution in [0.25, 0.3) is 0 Å². The average Bonchev–Trinajstić information content (AvgIpc) is 3.01. The second-order valence-electron chi connectivity index (χ2n) is 7.24. The molecule has 1 aromatic carbocycles. The summed E-state index contributed by atoms with van der Waals surface area (Å²) in [5.41, 5.74) is 0.818. The third-order valence-electron chi connectivity index (χ3n) is 5.24. The summed E-state index contributed by atoms with van der Waals surface area (Å²) in [4.78, 5) is 16.7. The molecule has 9 heteroatoms. The van der Waals surface area contributed by atoms with Gasteiger partial charge in [-0.25, -0.2) is 13.4 Å². The Hall–Kier alpha value is -2.39. The van der Waals surface area contributed by atoms with Crippen LogP contribution in [-0.2, 0) is 21.9 Å². The number of benzene rings is 1. The van der Waals surface area contributed by atoms with Crippen molar-refractivity contribution in [3.05, 3.63) is 41.9 Å². The number of nitrogens with one attached hydrogen (secondary N) is 1. The lowest BCUT2D eigenvalue weighted by Gasteiger charge is -2.30. The highest BCUT2D eigenvalue weighted by molar-refractivity contribution is 7.89. The SMILES string of the molecule is Cc1nc(S(=O)(=O)N2CCC(C(=O)NC(C)c3cccc(O)c3)CC2)cn1C. The summed E-state index contributed by atoms with van der Waals surface area (Å²) < 4.78 is 28.6. The third-order valence-corrected chi connectivity index (χ3v) is 7.01. The van der Waals surface area contributed by atoms with Gasteiger partial charge in [0.1, 0.15) is 11.6 Å². The molecule has 8 nitrogen and oxygen atoms in total. The fourth-order valence-electron chi connectivity index (χ4n) is 3.35. The second kappa shape index (κ2) is 7.92. The maximum atomic E-state index is 12.7. The molecule has 1 saturated heterocycles. The molecule has 1 fully saturated rings. The number of carbonyl (C=O) groups is 1. The van der Waals surface area contributed by atoms with Gasteiger partial charge in [-0.2, -0.15) is 4.31 Å². The predicted octanol–water partition coefficient (Wildman–Crippen LogP) is 1.71. The van der Waals surface area contributed by atoms with Crippen molar-refractivity contribution in [2.75, 3.05) is 13.1 Å². The molecule has 0 radical (unpaired) electrons. The number of aryl methyl sites for hydroxylation is 2. The Bertz CT molecular complexity index is 943. The summed E-state index contributed by atoms with van der Waals surface area (Å²) in [5, 5.41) is 12.6. The van der Waals surface area contributed by atoms with Crippen LogP contribution in [0.1, 0.15) is 37.2 Å². The first-order chi connectivity index (χ1) is 13.2. The van der Waals surface area contributed by atoms with Crippen LogP contribution in [0.4, 0.5) is 0 Å². The van der Waals surface area contributed by atoms with Crippen molar-refractivity contribution in [2.24, 2.45) is 13.0 Å². The number of amides is 1. The van der Waals surface area contributed by atoms with E-state index in [0.717, 1.165) is 5.56 Å². The van der Waals surface area contributed by atoms with Crippen LogP contribution in [0.5, 0.6) is 5.75 Å². The van der Waals surface area contributed by atoms with Gasteiger partial charge in [0.25, 0.3) is 10.0 Å². The molecule has 1 atom stereocenters. The Kier molecular flexibility index (Phi) is 5.76. The van der Waals surface area contributed by atoms with Crippen LogP contribution in [0.2, 0.25) is 0 Å². The molecule has 0 saturated carbocycles. The van der Waals surface area contributed by atoms with Gasteiger partial charge in [-0.15, -0.1) is 0 Å². The summed E-state index contributed by atoms with van der Waals surface area (Å²) in [6.45, 7) is 4.19. The van der Waals surface area contributed by atoms with Gasteiger partial charge in [0.2, 0.25) is 5.91 Å². The van der Waals surface area contributed by atoms with Gasteiger partial charge in [0, 0.05) is 32.3 Å². The number of piperidine rings is 1. The van der Waals surface area contributed by atoms with Gasteiger partial charge in [-0.1, -0.05) is 12.1 Å². The van der Waals surface area contributed by atoms with Crippen LogP contribution >= 0.6 is 0 Å². The van der Waals surface area contributed by atoms with Gasteiger partial charge >= 0.3 is 0 Å². The third kappa shape index (κ3) is 4.20. The molecule has 1 amide bonds. The molecule has 2 N–H and O–H groups in total. The Labute approximate surface area is 165 Å². The molecule has 1 aromatic heterocycles. The molecule has 2 aromatic rings. The number of aromatic nitrogens is 2. The zero-order valence-corrected chi connectivity index (χ0v) is 17.1. The first-order valence-electron chi connectivity index (χ1n) is 9.28. The van der Waals surface area contributed by atoms with Crippen LogP contribution in [-0.4, -0.2) is 46.4 Å². The van der Waals surface area contributed by atoms with E-state index in [2.05, 4.69) is 10.3 Å². The van der Waals surface area contributed by atoms with Gasteiger partial charge in [-0.3, -0.25) is 4.79 Å². The summed E-state index contributed by atoms with van der Waals surface area (Å²) in [5.74, 6) is 0.453. The number of rotatable bonds is 5. The summed E-state index contributed by atoms with van der Waals surface area (Å²) in [6, 6.07) is 6.54. The van der Waals surface area contributed by atoms with E-state index in [0.29, 0.717) is 18.7 Å². The molecule has 0 bridgehead atoms. The molecule has 2 heterocycles. The van der Waals surface area contributed by atoms with Crippen LogP contribution in [0.15, 0.2) is 35.5 Å². The number of carbonyl (C=O) groups excluding carboxylic acids is 1. The topological polar surface area (TPSA) is 105 Å². The number of nitrogens with zero attached hydrogens (tertiary/aromatic N) is 3. The molecule has 3 rings (SSSR count). The molecule has 0 aliphatic carbocycles. The van der Waals surface area contributed by atoms with E-state index in [1.807, 2.05) is 13.0 Å². The molecule has 1 aliphatic heterocycles. The Morgan fingerprint density at radius 2 is 2.00 bits per heavy atom. The molecular formula is C19H26N4O4S. The molecular weight excluding hydrogens is 380 g/mol. The van der Waals surface area contributed by atoms with Crippen LogP contribution in [0.3, 0.4) is 0 Å². The van der Waals surface area contributed by atoms with Crippen molar-refractivity contribution in [1.29, 1.82) is 0 Å². The van der Waals surface area contributed by atoms with Crippen molar-refractivity contribution in [3.8, 4) is 5.75 Å². The van der Waals surface area contributed by atoms with Crippen molar-refractivity contribution in [1.82, 2.24) is 19.2 Å². The number of hydrogen-bond acceptors (Lipinski definition) is 5. The van der Waals surface area contributed by atoms with Crippen molar-refractivity contribution in [2.45, 2.75) is 37.8 Å². The number of hydrogen-bond donors (Lipinski definition) is 2. The smallest absolute Gasteiger partial charge is 0.262 e. The van der Waals surface area contributed by atoms with Crippen molar-refractivity contribution in [3.63, 3.8) is 0 Å². The minimum absolute atomic E-state index is 0.0490. The average molecular weight is 407 g/mol. The first kappa shape index (κ1) is 20.3. The number of aromatic hydroxyl groups is 1. The van der Waals surface area contributed by atoms with Gasteiger partial charge in [-0.05, 0) is 44.4 Å². The maximum absolute atomic E-state index is 12.7. The number of sulfonamides is 1. The fourth-order valence-corrected chi connectivity index (χ4v) is 4.84. The number of phenolic OH excluding ortho intramolecular Hbond substituents is 1. The Balaban J connectivity index is 1.59. The molecule has 1 aliphatic rings. The van der Waals surface area contributed by atoms with Crippen LogP contribution in [0, 0.1) is 12.8 Å². The number of phenols is 1. The summed E-state index contributed by atoms with van der Waals surface area (Å²) in [7, 11) is -1.89. The van der Waals surface area contributed by atoms with E-state index in [1.54, 1.807) is 36.7 Å². The molecule has 152 valence electrons. The largest absolute Gasteiger partial charge is 0.508 e. The van der Waals surface area contributed by atoms with Crippen molar-refractivity contribution < 1.29 is 18.3 Å². The normalized spacial score (nSPS) is 17.4. The minimum atomic E-state index is -3.64. The minimum Gasteiger partial charge on any atom is -0.508 e. The zero-order valence-electron chi connectivity index (χ0n) is 16.3. The fraction of sp³-hybridized carbons (Fsp3) is 0.474. The highest BCUT2D eigenvalue weighted by Crippen LogP contribution is 2.25. The van der Waals surface area contributed by atoms with Gasteiger partial charge in [0.05, 0.1) is 6.04 Å². The van der Waals surface area contributed by atoms with E-state index >= 15 is 0 Å². The van der Waals surface area contributed by atoms with E-state index in [1.165, 1.54) is 10.5 Å². The zero-order chi connectivity index (χ0) is 20.5. The van der Waals surface area contributed by atoms with Crippen molar-refractivity contribution >= 4 is 15.9 Å². The van der Waals surface area contributed by atoms with Gasteiger partial charge in [0.15, 0.2) is 5.03 Å². The quantitative estimate of drug-likeness (QED) is 0.787. The van der Waals surface area contributed by atoms with E-state index in [9.17, 15) is 18.3 Å². The Morgan fingerprint density at radius 1 is 1.32 bits per heavy atom. The maximum Gasteiger partial charge on any atom is 0.262 e. The van der Waals surface area contributed by atoms with E-state index in [4.69, 9.17) is 0 Å². The van der Waals surface area contributed by atoms with Gasteiger partial charge < -0.3 is 15.0 Å². The van der Waals surface area contributed by atoms with E-state index in [-0.39, 0.29) is 41.7 Å². The standard InChI is InChI=1S/C19H26N4O4S/c1-13(16-5-4-6-17(24)11-16)20-19(25)15-7-9-23(10-8-15)28(26,27)18-12-22(3)14(2)21-18/h4-6,11-13,15,24H,7-10H2,1-3H3,(H,20,25). The summed E-state index contributed by atoms with van der Waals surface area (Å²) in [6.07, 6.45) is 2.44. The lowest BCUT2D eigenvalue weighted by atomic mass is 9.96. The monoisotopic (exact) mass is 406 g/mol. The lowest BCUT2D eigenvalue weighted by molar-refractivity contribution is -0.126. The molecule has 28 heavy (non-hydrogen) atoms. The summed E-state index contributed by atoms with van der Waals surface area (Å²) >= 11 is 0. The number of imidazole rings is 1. The second-order valence-corrected chi connectivity index (χ2v) is 9.13. The predicted molar refractivity (Wildman–Crippen MR) is 104 cm³/mol. The first-order valence-corrected chi connectivity index (χ1v) is 10.7. The van der Waals surface area contributed by atoms with E-state index < -0.39 is 10.0 Å². The molecule has 0 spiro atoms. The highest BCUT2D eigenvalue weighted by atomic mass is 32.2. The van der Waals surface area contributed by atoms with Crippen LogP contribution < -0.4 is 5.32 Å². The molecule has 1 unspecified atom stereocenters. The highest BCUT2D eigenvalue weighted by Gasteiger charge is 2.33.